The molecule has 0 bridgehead atoms. The average Bonchev–Trinajstić information content (AvgIpc) is 2.77. The summed E-state index contributed by atoms with van der Waals surface area (Å²) in [6.07, 6.45) is 0. The Morgan fingerprint density at radius 3 is 2.31 bits per heavy atom. The Morgan fingerprint density at radius 2 is 1.69 bits per heavy atom. The van der Waals surface area contributed by atoms with Crippen LogP contribution in [0, 0.1) is 23.1 Å². The number of rotatable bonds is 8. The van der Waals surface area contributed by atoms with Gasteiger partial charge in [-0.15, -0.1) is 11.8 Å². The summed E-state index contributed by atoms with van der Waals surface area (Å²) >= 11 is 7.73. The van der Waals surface area contributed by atoms with Crippen molar-refractivity contribution < 1.29 is 8.78 Å². The van der Waals surface area contributed by atoms with Gasteiger partial charge in [-0.25, -0.2) is 8.78 Å². The molecule has 188 valence electrons. The van der Waals surface area contributed by atoms with Crippen molar-refractivity contribution in [3.63, 3.8) is 0 Å². The molecule has 6 heteroatoms. The summed E-state index contributed by atoms with van der Waals surface area (Å²) in [6, 6.07) is 22.4. The molecule has 3 aromatic rings. The van der Waals surface area contributed by atoms with Gasteiger partial charge in [-0.1, -0.05) is 49.7 Å². The van der Waals surface area contributed by atoms with Gasteiger partial charge >= 0.3 is 0 Å². The Hall–Kier alpha value is -2.39. The van der Waals surface area contributed by atoms with Crippen LogP contribution in [0.15, 0.2) is 71.6 Å². The Labute approximate surface area is 222 Å². The van der Waals surface area contributed by atoms with Gasteiger partial charge < -0.3 is 0 Å². The standard InChI is InChI=1S/C30H31ClF2N2S/c1-19(2)36-27-14-23(13-26(32)15-27)28(30(3,4)33)24-17-35(18-24)29(21-8-10-25(31)11-9-21)22-7-5-6-20(12-22)16-34/h5-15,19,24,28-29H,17-18H2,1-4H3/t28-,29?/m1/s1. The number of hydrogen-bond donors (Lipinski definition) is 0. The average molecular weight is 525 g/mol. The zero-order valence-corrected chi connectivity index (χ0v) is 22.6. The van der Waals surface area contributed by atoms with E-state index in [-0.39, 0.29) is 17.8 Å². The highest BCUT2D eigenvalue weighted by Gasteiger charge is 2.45. The fraction of sp³-hybridized carbons (Fsp3) is 0.367. The molecule has 4 rings (SSSR count). The molecule has 1 aliphatic heterocycles. The maximum Gasteiger partial charge on any atom is 0.124 e. The molecular weight excluding hydrogens is 494 g/mol. The molecule has 0 spiro atoms. The van der Waals surface area contributed by atoms with Crippen molar-refractivity contribution in [2.45, 2.75) is 55.5 Å². The number of thioether (sulfide) groups is 1. The van der Waals surface area contributed by atoms with Crippen LogP contribution in [0.25, 0.3) is 0 Å². The zero-order chi connectivity index (χ0) is 26.0. The van der Waals surface area contributed by atoms with Gasteiger partial charge in [0.1, 0.15) is 11.5 Å². The van der Waals surface area contributed by atoms with Crippen LogP contribution < -0.4 is 0 Å². The second kappa shape index (κ2) is 10.9. The summed E-state index contributed by atoms with van der Waals surface area (Å²) in [5.41, 5.74) is 1.87. The Kier molecular flexibility index (Phi) is 8.09. The highest BCUT2D eigenvalue weighted by atomic mass is 35.5. The van der Waals surface area contributed by atoms with Crippen molar-refractivity contribution in [2.24, 2.45) is 5.92 Å². The first-order valence-corrected chi connectivity index (χ1v) is 13.5. The van der Waals surface area contributed by atoms with Crippen LogP contribution in [-0.2, 0) is 0 Å². The summed E-state index contributed by atoms with van der Waals surface area (Å²) in [4.78, 5) is 3.13. The molecule has 3 aromatic carbocycles. The lowest BCUT2D eigenvalue weighted by molar-refractivity contribution is 0.00806. The van der Waals surface area contributed by atoms with Gasteiger partial charge in [-0.05, 0) is 78.9 Å². The molecule has 2 nitrogen and oxygen atoms in total. The number of halogens is 3. The van der Waals surface area contributed by atoms with Crippen molar-refractivity contribution in [3.8, 4) is 6.07 Å². The fourth-order valence-corrected chi connectivity index (χ4v) is 6.40. The Morgan fingerprint density at radius 1 is 1.00 bits per heavy atom. The quantitative estimate of drug-likeness (QED) is 0.277. The van der Waals surface area contributed by atoms with Crippen molar-refractivity contribution in [3.05, 3.63) is 99.8 Å². The van der Waals surface area contributed by atoms with Crippen molar-refractivity contribution in [2.75, 3.05) is 13.1 Å². The monoisotopic (exact) mass is 524 g/mol. The lowest BCUT2D eigenvalue weighted by Crippen LogP contribution is -2.53. The molecule has 2 atom stereocenters. The molecule has 0 aliphatic carbocycles. The van der Waals surface area contributed by atoms with E-state index in [4.69, 9.17) is 11.6 Å². The van der Waals surface area contributed by atoms with Crippen molar-refractivity contribution >= 4 is 23.4 Å². The van der Waals surface area contributed by atoms with Gasteiger partial charge in [0, 0.05) is 34.2 Å². The van der Waals surface area contributed by atoms with E-state index in [0.717, 1.165) is 16.0 Å². The van der Waals surface area contributed by atoms with Crippen LogP contribution in [0.2, 0.25) is 5.02 Å². The van der Waals surface area contributed by atoms with E-state index >= 15 is 4.39 Å². The maximum absolute atomic E-state index is 15.7. The van der Waals surface area contributed by atoms with Gasteiger partial charge in [-0.2, -0.15) is 5.26 Å². The second-order valence-corrected chi connectivity index (χ2v) is 12.4. The molecule has 1 heterocycles. The van der Waals surface area contributed by atoms with E-state index in [0.29, 0.717) is 34.5 Å². The Balaban J connectivity index is 1.65. The van der Waals surface area contributed by atoms with Crippen LogP contribution in [0.3, 0.4) is 0 Å². The first kappa shape index (κ1) is 26.7. The summed E-state index contributed by atoms with van der Waals surface area (Å²) in [6.45, 7) is 8.62. The summed E-state index contributed by atoms with van der Waals surface area (Å²) < 4.78 is 30.2. The van der Waals surface area contributed by atoms with Gasteiger partial charge in [0.05, 0.1) is 17.7 Å². The molecule has 0 radical (unpaired) electrons. The normalized spacial score (nSPS) is 16.4. The van der Waals surface area contributed by atoms with E-state index in [1.54, 1.807) is 31.7 Å². The van der Waals surface area contributed by atoms with Crippen LogP contribution in [-0.4, -0.2) is 28.9 Å². The molecule has 0 N–H and O–H groups in total. The minimum absolute atomic E-state index is 0.0256. The van der Waals surface area contributed by atoms with Crippen LogP contribution in [0.5, 0.6) is 0 Å². The van der Waals surface area contributed by atoms with Gasteiger partial charge in [0.2, 0.25) is 0 Å². The number of likely N-dealkylation sites (tertiary alicyclic amines) is 1. The molecule has 1 saturated heterocycles. The van der Waals surface area contributed by atoms with E-state index < -0.39 is 11.6 Å². The molecule has 1 unspecified atom stereocenters. The van der Waals surface area contributed by atoms with Crippen LogP contribution >= 0.6 is 23.4 Å². The van der Waals surface area contributed by atoms with Gasteiger partial charge in [-0.3, -0.25) is 4.90 Å². The predicted molar refractivity (Wildman–Crippen MR) is 145 cm³/mol. The van der Waals surface area contributed by atoms with E-state index in [1.807, 2.05) is 48.5 Å². The van der Waals surface area contributed by atoms with E-state index in [9.17, 15) is 9.65 Å². The number of benzene rings is 3. The van der Waals surface area contributed by atoms with Crippen molar-refractivity contribution in [1.82, 2.24) is 4.90 Å². The van der Waals surface area contributed by atoms with Crippen LogP contribution in [0.4, 0.5) is 8.78 Å². The number of nitrogens with zero attached hydrogens (tertiary/aromatic N) is 2. The first-order valence-electron chi connectivity index (χ1n) is 12.2. The van der Waals surface area contributed by atoms with Crippen LogP contribution in [0.1, 0.15) is 61.9 Å². The minimum Gasteiger partial charge on any atom is -0.292 e. The third-order valence-corrected chi connectivity index (χ3v) is 7.89. The van der Waals surface area contributed by atoms with E-state index in [1.165, 1.54) is 12.1 Å². The number of alkyl halides is 1. The summed E-state index contributed by atoms with van der Waals surface area (Å²) in [5.74, 6) is -0.738. The predicted octanol–water partition coefficient (Wildman–Crippen LogP) is 8.40. The molecule has 1 aliphatic rings. The molecule has 0 saturated carbocycles. The number of hydrogen-bond acceptors (Lipinski definition) is 3. The van der Waals surface area contributed by atoms with Crippen molar-refractivity contribution in [1.29, 1.82) is 5.26 Å². The largest absolute Gasteiger partial charge is 0.292 e. The topological polar surface area (TPSA) is 27.0 Å². The minimum atomic E-state index is -1.51. The molecule has 1 fully saturated rings. The van der Waals surface area contributed by atoms with E-state index in [2.05, 4.69) is 24.8 Å². The smallest absolute Gasteiger partial charge is 0.124 e. The molecule has 0 amide bonds. The Bertz CT molecular complexity index is 1240. The zero-order valence-electron chi connectivity index (χ0n) is 21.0. The highest BCUT2D eigenvalue weighted by Crippen LogP contribution is 2.46. The highest BCUT2D eigenvalue weighted by molar-refractivity contribution is 7.99. The molecule has 0 aromatic heterocycles. The maximum atomic E-state index is 15.7. The molecular formula is C30H31ClF2N2S. The lowest BCUT2D eigenvalue weighted by atomic mass is 9.72. The summed E-state index contributed by atoms with van der Waals surface area (Å²) in [5, 5.41) is 10.4. The fourth-order valence-electron chi connectivity index (χ4n) is 5.34. The third-order valence-electron chi connectivity index (χ3n) is 6.66. The van der Waals surface area contributed by atoms with Gasteiger partial charge in [0.25, 0.3) is 0 Å². The first-order chi connectivity index (χ1) is 17.0. The summed E-state index contributed by atoms with van der Waals surface area (Å²) in [7, 11) is 0. The SMILES string of the molecule is CC(C)Sc1cc(F)cc([C@H](C2CN(C(c3ccc(Cl)cc3)c3cccc(C#N)c3)C2)C(C)(C)F)c1. The number of nitriles is 1. The van der Waals surface area contributed by atoms with Gasteiger partial charge in [0.15, 0.2) is 0 Å². The second-order valence-electron chi connectivity index (χ2n) is 10.3. The lowest BCUT2D eigenvalue weighted by Gasteiger charge is -2.50. The third kappa shape index (κ3) is 6.11. The molecule has 36 heavy (non-hydrogen) atoms.